The highest BCUT2D eigenvalue weighted by Gasteiger charge is 2.17. The topological polar surface area (TPSA) is 245 Å². The minimum atomic E-state index is -0.688. The lowest BCUT2D eigenvalue weighted by molar-refractivity contribution is 0.101. The zero-order valence-corrected chi connectivity index (χ0v) is 26.6. The Hall–Kier alpha value is -6.45. The third-order valence-electron chi connectivity index (χ3n) is 5.15. The van der Waals surface area contributed by atoms with E-state index in [4.69, 9.17) is 43.3 Å². The van der Waals surface area contributed by atoms with Crippen molar-refractivity contribution in [3.05, 3.63) is 93.7 Å². The summed E-state index contributed by atoms with van der Waals surface area (Å²) in [5, 5.41) is 34.8. The second kappa shape index (κ2) is 19.8. The minimum absolute atomic E-state index is 0.0265. The summed E-state index contributed by atoms with van der Waals surface area (Å²) in [6.45, 7) is 4.45. The smallest absolute Gasteiger partial charge is 0.412 e. The van der Waals surface area contributed by atoms with E-state index in [1.807, 2.05) is 12.1 Å². The lowest BCUT2D eigenvalue weighted by Crippen LogP contribution is -2.27. The van der Waals surface area contributed by atoms with Crippen LogP contribution in [0.1, 0.15) is 46.0 Å². The van der Waals surface area contributed by atoms with Crippen LogP contribution in [-0.4, -0.2) is 62.1 Å². The summed E-state index contributed by atoms with van der Waals surface area (Å²) in [7, 11) is 0. The first-order valence-electron chi connectivity index (χ1n) is 13.4. The molecule has 4 N–H and O–H groups in total. The van der Waals surface area contributed by atoms with Gasteiger partial charge in [0.05, 0.1) is 35.9 Å². The number of anilines is 2. The van der Waals surface area contributed by atoms with Crippen LogP contribution < -0.4 is 20.7 Å². The number of nitriles is 2. The number of ether oxygens (including phenoxy) is 1. The number of benzene rings is 2. The average Bonchev–Trinajstić information content (AvgIpc) is 3.08. The maximum Gasteiger partial charge on any atom is 0.412 e. The van der Waals surface area contributed by atoms with Crippen molar-refractivity contribution in [2.24, 2.45) is 4.99 Å². The van der Waals surface area contributed by atoms with Crippen LogP contribution in [0.25, 0.3) is 0 Å². The van der Waals surface area contributed by atoms with Crippen LogP contribution in [0.15, 0.2) is 66.2 Å². The van der Waals surface area contributed by atoms with E-state index in [2.05, 4.69) is 40.9 Å². The molecule has 3 amide bonds. The molecule has 4 aromatic rings. The number of carbonyl (C=O) groups excluding carboxylic acids is 4. The lowest BCUT2D eigenvalue weighted by atomic mass is 10.2. The fraction of sp³-hybridized carbons (Fsp3) is 0.133. The first kappa shape index (κ1) is 37.7. The predicted molar refractivity (Wildman–Crippen MR) is 172 cm³/mol. The van der Waals surface area contributed by atoms with E-state index in [9.17, 15) is 19.5 Å². The zero-order valence-electron chi connectivity index (χ0n) is 25.1. The van der Waals surface area contributed by atoms with E-state index in [1.165, 1.54) is 67.3 Å². The standard InChI is InChI=1S/C15H12ClN5O3.C12H7ClN4O2.C3H5NO/c1-2-18-15(23)24-12-4-3-9(16)5-11(12)14(22)21-13-8-19-10(6-17)7-20-13;13-7-1-2-10(18)9(3-7)12(19)17-11-6-15-8(4-14)5-16-11;1-2-4-3-5/h3-5,7-8H,2H2,1H3,(H,18,23)(H,20,21,22);1-3,5-6,18H,(H,16,17,19);2H2,1H3. The third kappa shape index (κ3) is 12.5. The van der Waals surface area contributed by atoms with Crippen molar-refractivity contribution in [1.29, 1.82) is 10.5 Å². The van der Waals surface area contributed by atoms with Crippen LogP contribution in [0.2, 0.25) is 10.0 Å². The average molecular weight is 691 g/mol. The van der Waals surface area contributed by atoms with Gasteiger partial charge in [-0.2, -0.15) is 10.5 Å². The van der Waals surface area contributed by atoms with Crippen molar-refractivity contribution in [1.82, 2.24) is 25.3 Å². The Morgan fingerprint density at radius 2 is 1.35 bits per heavy atom. The van der Waals surface area contributed by atoms with Crippen molar-refractivity contribution in [2.45, 2.75) is 13.8 Å². The summed E-state index contributed by atoms with van der Waals surface area (Å²) in [4.78, 5) is 63.4. The van der Waals surface area contributed by atoms with Crippen molar-refractivity contribution in [3.8, 4) is 23.6 Å². The SMILES string of the molecule is CCN=C=O.CCNC(=O)Oc1ccc(Cl)cc1C(=O)Nc1cnc(C#N)cn1.N#Cc1cnc(NC(=O)c2cc(Cl)ccc2O)cn1. The Balaban J connectivity index is 0.000000298. The molecule has 0 fully saturated rings. The van der Waals surface area contributed by atoms with E-state index in [-0.39, 0.29) is 45.6 Å². The molecule has 244 valence electrons. The molecule has 0 atom stereocenters. The molecule has 16 nitrogen and oxygen atoms in total. The van der Waals surface area contributed by atoms with Gasteiger partial charge in [-0.3, -0.25) is 9.59 Å². The zero-order chi connectivity index (χ0) is 35.5. The summed E-state index contributed by atoms with van der Waals surface area (Å²) in [5.74, 6) is -0.992. The lowest BCUT2D eigenvalue weighted by Gasteiger charge is -2.11. The van der Waals surface area contributed by atoms with Crippen LogP contribution in [-0.2, 0) is 4.79 Å². The molecule has 18 heteroatoms. The van der Waals surface area contributed by atoms with E-state index in [0.29, 0.717) is 23.1 Å². The number of phenolic OH excluding ortho intramolecular Hbond substituents is 1. The highest BCUT2D eigenvalue weighted by atomic mass is 35.5. The molecule has 0 saturated carbocycles. The summed E-state index contributed by atoms with van der Waals surface area (Å²) in [6.07, 6.45) is 5.65. The second-order valence-corrected chi connectivity index (χ2v) is 9.37. The first-order chi connectivity index (χ1) is 23.0. The van der Waals surface area contributed by atoms with Crippen LogP contribution in [0.5, 0.6) is 11.5 Å². The number of phenols is 1. The van der Waals surface area contributed by atoms with E-state index in [1.54, 1.807) is 13.8 Å². The van der Waals surface area contributed by atoms with Gasteiger partial charge in [-0.05, 0) is 50.2 Å². The van der Waals surface area contributed by atoms with Gasteiger partial charge in [0.1, 0.15) is 23.6 Å². The number of aromatic hydroxyl groups is 1. The molecular weight excluding hydrogens is 667 g/mol. The molecule has 0 unspecified atom stereocenters. The summed E-state index contributed by atoms with van der Waals surface area (Å²) in [5.41, 5.74) is 0.346. The third-order valence-corrected chi connectivity index (χ3v) is 5.62. The van der Waals surface area contributed by atoms with Crippen molar-refractivity contribution < 1.29 is 29.0 Å². The van der Waals surface area contributed by atoms with Crippen molar-refractivity contribution in [3.63, 3.8) is 0 Å². The van der Waals surface area contributed by atoms with E-state index >= 15 is 0 Å². The molecule has 0 spiro atoms. The molecule has 0 aliphatic heterocycles. The maximum absolute atomic E-state index is 12.4. The summed E-state index contributed by atoms with van der Waals surface area (Å²) >= 11 is 11.6. The van der Waals surface area contributed by atoms with Crippen LogP contribution in [0.4, 0.5) is 16.4 Å². The van der Waals surface area contributed by atoms with Gasteiger partial charge in [0.25, 0.3) is 11.8 Å². The number of isocyanates is 1. The molecule has 48 heavy (non-hydrogen) atoms. The molecule has 2 aromatic heterocycles. The minimum Gasteiger partial charge on any atom is -0.507 e. The number of carbonyl (C=O) groups is 3. The fourth-order valence-electron chi connectivity index (χ4n) is 3.07. The largest absolute Gasteiger partial charge is 0.507 e. The van der Waals surface area contributed by atoms with Gasteiger partial charge in [0.15, 0.2) is 23.0 Å². The molecule has 2 aromatic carbocycles. The van der Waals surface area contributed by atoms with Gasteiger partial charge in [0, 0.05) is 23.1 Å². The Morgan fingerprint density at radius 3 is 1.79 bits per heavy atom. The normalized spacial score (nSPS) is 9.29. The number of nitrogens with one attached hydrogen (secondary N) is 3. The molecular formula is C30H24Cl2N10O6. The highest BCUT2D eigenvalue weighted by molar-refractivity contribution is 6.31. The Labute approximate surface area is 283 Å². The predicted octanol–water partition coefficient (Wildman–Crippen LogP) is 4.66. The molecule has 0 aliphatic rings. The van der Waals surface area contributed by atoms with Crippen LogP contribution in [0.3, 0.4) is 0 Å². The van der Waals surface area contributed by atoms with E-state index < -0.39 is 17.9 Å². The molecule has 0 radical (unpaired) electrons. The number of hydrogen-bond donors (Lipinski definition) is 4. The number of halogens is 2. The monoisotopic (exact) mass is 690 g/mol. The summed E-state index contributed by atoms with van der Waals surface area (Å²) < 4.78 is 5.09. The number of hydrogen-bond acceptors (Lipinski definition) is 13. The van der Waals surface area contributed by atoms with Gasteiger partial charge in [-0.15, -0.1) is 0 Å². The van der Waals surface area contributed by atoms with Gasteiger partial charge in [0.2, 0.25) is 6.08 Å². The van der Waals surface area contributed by atoms with Gasteiger partial charge in [-0.1, -0.05) is 23.2 Å². The van der Waals surface area contributed by atoms with Crippen LogP contribution in [0, 0.1) is 22.7 Å². The second-order valence-electron chi connectivity index (χ2n) is 8.49. The maximum atomic E-state index is 12.4. The van der Waals surface area contributed by atoms with Gasteiger partial charge < -0.3 is 25.8 Å². The molecule has 0 bridgehead atoms. The van der Waals surface area contributed by atoms with Crippen molar-refractivity contribution >= 4 is 58.8 Å². The number of aliphatic imine (C=N–C) groups is 1. The highest BCUT2D eigenvalue weighted by Crippen LogP contribution is 2.24. The summed E-state index contributed by atoms with van der Waals surface area (Å²) in [6, 6.07) is 12.0. The van der Waals surface area contributed by atoms with Gasteiger partial charge >= 0.3 is 6.09 Å². The molecule has 0 aliphatic carbocycles. The number of rotatable bonds is 7. The van der Waals surface area contributed by atoms with E-state index in [0.717, 1.165) is 0 Å². The molecule has 2 heterocycles. The van der Waals surface area contributed by atoms with Gasteiger partial charge in [-0.25, -0.2) is 34.5 Å². The first-order valence-corrected chi connectivity index (χ1v) is 14.1. The molecule has 4 rings (SSSR count). The number of aromatic nitrogens is 4. The Bertz CT molecular complexity index is 1870. The van der Waals surface area contributed by atoms with Crippen LogP contribution >= 0.6 is 23.2 Å². The quantitative estimate of drug-likeness (QED) is 0.153. The van der Waals surface area contributed by atoms with Crippen molar-refractivity contribution in [2.75, 3.05) is 23.7 Å². The fourth-order valence-corrected chi connectivity index (χ4v) is 3.42. The number of amides is 3. The number of nitrogens with zero attached hydrogens (tertiary/aromatic N) is 7. The Kier molecular flexibility index (Phi) is 15.6. The molecule has 0 saturated heterocycles. The Morgan fingerprint density at radius 1 is 0.833 bits per heavy atom.